The summed E-state index contributed by atoms with van der Waals surface area (Å²) in [5, 5.41) is 9.28. The first-order valence-corrected chi connectivity index (χ1v) is 9.87. The van der Waals surface area contributed by atoms with E-state index in [-0.39, 0.29) is 32.0 Å². The van der Waals surface area contributed by atoms with Gasteiger partial charge in [-0.1, -0.05) is 29.9 Å². The summed E-state index contributed by atoms with van der Waals surface area (Å²) in [6, 6.07) is 5.47. The molecule has 0 saturated carbocycles. The fourth-order valence-electron chi connectivity index (χ4n) is 2.85. The number of hydrogen-bond acceptors (Lipinski definition) is 4. The van der Waals surface area contributed by atoms with Crippen molar-refractivity contribution in [2.75, 3.05) is 0 Å². The Morgan fingerprint density at radius 3 is 2.55 bits per heavy atom. The van der Waals surface area contributed by atoms with Crippen LogP contribution >= 0.6 is 22.9 Å². The van der Waals surface area contributed by atoms with E-state index in [0.29, 0.717) is 0 Å². The molecule has 0 aliphatic rings. The second kappa shape index (κ2) is 8.67. The third-order valence-electron chi connectivity index (χ3n) is 4.18. The van der Waals surface area contributed by atoms with Crippen LogP contribution in [0.3, 0.4) is 0 Å². The standard InChI is InChI=1S/C19H13ClF4N2O4S/c1-2-13(17(28)29)26-14-6-4-10(30-19(22,23)24)8-15(14)31-18(26)25-16(27)9-3-5-12(21)11(20)7-9/h3-8,13H,2H2,1H3,(H,28,29). The Hall–Kier alpha value is -2.92. The molecule has 0 fully saturated rings. The van der Waals surface area contributed by atoms with Gasteiger partial charge in [-0.3, -0.25) is 4.79 Å². The third-order valence-corrected chi connectivity index (χ3v) is 5.49. The lowest BCUT2D eigenvalue weighted by Crippen LogP contribution is -2.27. The van der Waals surface area contributed by atoms with E-state index < -0.39 is 35.8 Å². The van der Waals surface area contributed by atoms with Crippen molar-refractivity contribution in [3.8, 4) is 5.75 Å². The molecule has 0 saturated heterocycles. The molecule has 0 aliphatic heterocycles. The number of benzene rings is 2. The summed E-state index contributed by atoms with van der Waals surface area (Å²) in [5.74, 6) is -3.27. The predicted octanol–water partition coefficient (Wildman–Crippen LogP) is 5.17. The number of thiazole rings is 1. The quantitative estimate of drug-likeness (QED) is 0.515. The molecule has 6 nitrogen and oxygen atoms in total. The zero-order valence-electron chi connectivity index (χ0n) is 15.6. The fraction of sp³-hybridized carbons (Fsp3) is 0.211. The third kappa shape index (κ3) is 5.05. The number of ether oxygens (including phenoxy) is 1. The summed E-state index contributed by atoms with van der Waals surface area (Å²) in [6.45, 7) is 1.60. The number of alkyl halides is 3. The molecule has 0 bridgehead atoms. The SMILES string of the molecule is CCC(C(=O)O)n1c(=NC(=O)c2ccc(F)c(Cl)c2)sc2cc(OC(F)(F)F)ccc21. The highest BCUT2D eigenvalue weighted by Gasteiger charge is 2.31. The zero-order chi connectivity index (χ0) is 22.9. The van der Waals surface area contributed by atoms with Crippen molar-refractivity contribution < 1.29 is 37.0 Å². The summed E-state index contributed by atoms with van der Waals surface area (Å²) in [7, 11) is 0. The maximum Gasteiger partial charge on any atom is 0.573 e. The molecule has 0 radical (unpaired) electrons. The monoisotopic (exact) mass is 476 g/mol. The number of fused-ring (bicyclic) bond motifs is 1. The van der Waals surface area contributed by atoms with Crippen molar-refractivity contribution >= 4 is 45.0 Å². The van der Waals surface area contributed by atoms with E-state index in [1.165, 1.54) is 10.6 Å². The Morgan fingerprint density at radius 1 is 1.26 bits per heavy atom. The lowest BCUT2D eigenvalue weighted by atomic mass is 10.2. The van der Waals surface area contributed by atoms with Crippen molar-refractivity contribution in [3.05, 3.63) is 57.6 Å². The van der Waals surface area contributed by atoms with Crippen LogP contribution in [0.15, 0.2) is 41.4 Å². The number of carbonyl (C=O) groups excluding carboxylic acids is 1. The molecular weight excluding hydrogens is 464 g/mol. The van der Waals surface area contributed by atoms with Gasteiger partial charge in [0.05, 0.1) is 15.2 Å². The Kier molecular flexibility index (Phi) is 6.37. The first-order valence-electron chi connectivity index (χ1n) is 8.68. The van der Waals surface area contributed by atoms with Crippen LogP contribution in [0.1, 0.15) is 29.7 Å². The van der Waals surface area contributed by atoms with Crippen molar-refractivity contribution in [3.63, 3.8) is 0 Å². The summed E-state index contributed by atoms with van der Waals surface area (Å²) < 4.78 is 56.3. The molecule has 12 heteroatoms. The van der Waals surface area contributed by atoms with Gasteiger partial charge < -0.3 is 14.4 Å². The van der Waals surface area contributed by atoms with Crippen LogP contribution in [0, 0.1) is 5.82 Å². The minimum Gasteiger partial charge on any atom is -0.480 e. The van der Waals surface area contributed by atoms with Gasteiger partial charge in [-0.15, -0.1) is 13.2 Å². The second-order valence-electron chi connectivity index (χ2n) is 6.24. The first kappa shape index (κ1) is 22.8. The van der Waals surface area contributed by atoms with E-state index in [2.05, 4.69) is 9.73 Å². The Bertz CT molecular complexity index is 1240. The van der Waals surface area contributed by atoms with Gasteiger partial charge in [0.25, 0.3) is 5.91 Å². The van der Waals surface area contributed by atoms with Crippen LogP contribution in [0.25, 0.3) is 10.2 Å². The largest absolute Gasteiger partial charge is 0.573 e. The second-order valence-corrected chi connectivity index (χ2v) is 7.66. The Labute approximate surface area is 181 Å². The highest BCUT2D eigenvalue weighted by atomic mass is 35.5. The van der Waals surface area contributed by atoms with Crippen LogP contribution < -0.4 is 9.54 Å². The number of nitrogens with zero attached hydrogens (tertiary/aromatic N) is 2. The molecule has 0 aliphatic carbocycles. The average Bonchev–Trinajstić information content (AvgIpc) is 3.00. The molecule has 31 heavy (non-hydrogen) atoms. The molecule has 1 atom stereocenters. The topological polar surface area (TPSA) is 80.9 Å². The minimum absolute atomic E-state index is 0.0418. The normalized spacial score (nSPS) is 13.4. The molecule has 1 aromatic heterocycles. The molecule has 0 spiro atoms. The van der Waals surface area contributed by atoms with E-state index in [1.807, 2.05) is 0 Å². The van der Waals surface area contributed by atoms with Crippen LogP contribution in [0.4, 0.5) is 17.6 Å². The van der Waals surface area contributed by atoms with E-state index in [9.17, 15) is 32.3 Å². The number of carbonyl (C=O) groups is 2. The summed E-state index contributed by atoms with van der Waals surface area (Å²) in [6.07, 6.45) is -4.79. The Morgan fingerprint density at radius 2 is 1.97 bits per heavy atom. The maximum atomic E-state index is 13.4. The van der Waals surface area contributed by atoms with E-state index in [1.54, 1.807) is 6.92 Å². The van der Waals surface area contributed by atoms with Crippen molar-refractivity contribution in [1.29, 1.82) is 0 Å². The maximum absolute atomic E-state index is 13.4. The van der Waals surface area contributed by atoms with Gasteiger partial charge in [-0.05, 0) is 42.8 Å². The van der Waals surface area contributed by atoms with Crippen LogP contribution in [0.2, 0.25) is 5.02 Å². The molecular formula is C19H13ClF4N2O4S. The molecule has 1 heterocycles. The van der Waals surface area contributed by atoms with Gasteiger partial charge in [-0.2, -0.15) is 4.99 Å². The molecule has 3 aromatic rings. The number of hydrogen-bond donors (Lipinski definition) is 1. The summed E-state index contributed by atoms with van der Waals surface area (Å²) in [4.78, 5) is 28.2. The lowest BCUT2D eigenvalue weighted by Gasteiger charge is -2.14. The van der Waals surface area contributed by atoms with Crippen LogP contribution in [-0.2, 0) is 4.79 Å². The Balaban J connectivity index is 2.19. The van der Waals surface area contributed by atoms with Gasteiger partial charge in [0.1, 0.15) is 17.6 Å². The number of aliphatic carboxylic acids is 1. The summed E-state index contributed by atoms with van der Waals surface area (Å²) in [5.41, 5.74) is 0.220. The van der Waals surface area contributed by atoms with Gasteiger partial charge >= 0.3 is 12.3 Å². The summed E-state index contributed by atoms with van der Waals surface area (Å²) >= 11 is 6.50. The molecule has 3 rings (SSSR count). The number of carboxylic acid groups (broad SMARTS) is 1. The van der Waals surface area contributed by atoms with Gasteiger partial charge in [0.15, 0.2) is 4.80 Å². The molecule has 2 aromatic carbocycles. The smallest absolute Gasteiger partial charge is 0.480 e. The number of halogens is 5. The van der Waals surface area contributed by atoms with Crippen molar-refractivity contribution in [2.45, 2.75) is 25.7 Å². The number of carboxylic acids is 1. The lowest BCUT2D eigenvalue weighted by molar-refractivity contribution is -0.274. The molecule has 1 unspecified atom stereocenters. The molecule has 1 amide bonds. The average molecular weight is 477 g/mol. The van der Waals surface area contributed by atoms with Gasteiger partial charge in [0.2, 0.25) is 0 Å². The van der Waals surface area contributed by atoms with E-state index in [4.69, 9.17) is 11.6 Å². The number of aromatic nitrogens is 1. The molecule has 164 valence electrons. The van der Waals surface area contributed by atoms with Crippen LogP contribution in [0.5, 0.6) is 5.75 Å². The van der Waals surface area contributed by atoms with E-state index >= 15 is 0 Å². The molecule has 1 N–H and O–H groups in total. The number of amides is 1. The predicted molar refractivity (Wildman–Crippen MR) is 105 cm³/mol. The minimum atomic E-state index is -4.90. The fourth-order valence-corrected chi connectivity index (χ4v) is 4.12. The van der Waals surface area contributed by atoms with Crippen molar-refractivity contribution in [2.24, 2.45) is 4.99 Å². The first-order chi connectivity index (χ1) is 14.5. The van der Waals surface area contributed by atoms with E-state index in [0.717, 1.165) is 41.7 Å². The highest BCUT2D eigenvalue weighted by Crippen LogP contribution is 2.30. The zero-order valence-corrected chi connectivity index (χ0v) is 17.2. The van der Waals surface area contributed by atoms with Gasteiger partial charge in [-0.25, -0.2) is 9.18 Å². The van der Waals surface area contributed by atoms with Gasteiger partial charge in [0, 0.05) is 5.56 Å². The van der Waals surface area contributed by atoms with Crippen LogP contribution in [-0.4, -0.2) is 27.9 Å². The number of rotatable bonds is 5. The highest BCUT2D eigenvalue weighted by molar-refractivity contribution is 7.16. The van der Waals surface area contributed by atoms with Crippen molar-refractivity contribution in [1.82, 2.24) is 4.57 Å².